The molecule has 3 N–H and O–H groups in total. The number of likely N-dealkylation sites (N-methyl/N-ethyl adjacent to an activating group) is 1. The summed E-state index contributed by atoms with van der Waals surface area (Å²) < 4.78 is 10.8. The molecule has 2 amide bonds. The molecule has 0 aliphatic carbocycles. The van der Waals surface area contributed by atoms with Gasteiger partial charge in [0.25, 0.3) is 5.56 Å². The third kappa shape index (κ3) is 7.73. The van der Waals surface area contributed by atoms with Gasteiger partial charge in [0.1, 0.15) is 0 Å². The molecule has 3 aromatic carbocycles. The maximum absolute atomic E-state index is 12.9. The molecule has 1 atom stereocenters. The van der Waals surface area contributed by atoms with Crippen molar-refractivity contribution in [3.05, 3.63) is 106 Å². The molecule has 0 spiro atoms. The third-order valence-electron chi connectivity index (χ3n) is 6.99. The zero-order chi connectivity index (χ0) is 29.4. The highest BCUT2D eigenvalue weighted by Gasteiger charge is 2.15. The minimum absolute atomic E-state index is 0.0513. The lowest BCUT2D eigenvalue weighted by Gasteiger charge is -2.21. The molecule has 0 aliphatic heterocycles. The number of hydrogen-bond acceptors (Lipinski definition) is 6. The van der Waals surface area contributed by atoms with Crippen LogP contribution in [0.4, 0.5) is 16.2 Å². The second-order valence-corrected chi connectivity index (χ2v) is 10.1. The number of aryl methyl sites for hydroxylation is 1. The predicted molar refractivity (Wildman–Crippen MR) is 161 cm³/mol. The van der Waals surface area contributed by atoms with Crippen molar-refractivity contribution in [3.63, 3.8) is 0 Å². The van der Waals surface area contributed by atoms with E-state index in [1.807, 2.05) is 68.4 Å². The van der Waals surface area contributed by atoms with Crippen LogP contribution in [0.15, 0.2) is 77.7 Å². The summed E-state index contributed by atoms with van der Waals surface area (Å²) in [6, 6.07) is 20.8. The first-order chi connectivity index (χ1) is 19.7. The number of hydrogen-bond donors (Lipinski definition) is 3. The highest BCUT2D eigenvalue weighted by atomic mass is 16.5. The molecule has 0 saturated carbocycles. The fourth-order valence-corrected chi connectivity index (χ4v) is 4.68. The van der Waals surface area contributed by atoms with E-state index in [2.05, 4.69) is 15.6 Å². The molecule has 214 valence electrons. The van der Waals surface area contributed by atoms with Gasteiger partial charge < -0.3 is 24.7 Å². The minimum Gasteiger partial charge on any atom is -0.449 e. The second-order valence-electron chi connectivity index (χ2n) is 10.1. The SMILES string of the molecule is COCc1ccc(NC(=O)OCC(C)c2ccccc2C)cc1CN(C)C(=O)CNc1ccc2cc[nH]c(=O)c2c1. The van der Waals surface area contributed by atoms with Gasteiger partial charge in [-0.25, -0.2) is 4.79 Å². The van der Waals surface area contributed by atoms with Crippen LogP contribution in [0.2, 0.25) is 0 Å². The van der Waals surface area contributed by atoms with Gasteiger partial charge in [-0.15, -0.1) is 0 Å². The number of nitrogens with one attached hydrogen (secondary N) is 3. The topological polar surface area (TPSA) is 113 Å². The molecule has 0 saturated heterocycles. The van der Waals surface area contributed by atoms with Crippen molar-refractivity contribution in [1.82, 2.24) is 9.88 Å². The van der Waals surface area contributed by atoms with Crippen LogP contribution in [-0.2, 0) is 27.4 Å². The Morgan fingerprint density at radius 2 is 1.78 bits per heavy atom. The maximum atomic E-state index is 12.9. The molecule has 4 aromatic rings. The molecule has 1 unspecified atom stereocenters. The first kappa shape index (κ1) is 29.4. The van der Waals surface area contributed by atoms with Crippen LogP contribution in [0.3, 0.4) is 0 Å². The molecule has 1 heterocycles. The standard InChI is InChI=1S/C32H36N4O5/c1-21-7-5-6-8-28(21)22(2)19-41-32(39)35-27-12-10-24(20-40-4)25(15-27)18-36(3)30(37)17-34-26-11-9-23-13-14-33-31(38)29(23)16-26/h5-16,22,34H,17-20H2,1-4H3,(H,33,38)(H,35,39). The summed E-state index contributed by atoms with van der Waals surface area (Å²) in [6.07, 6.45) is 1.06. The molecule has 0 radical (unpaired) electrons. The molecule has 4 rings (SSSR count). The highest BCUT2D eigenvalue weighted by Crippen LogP contribution is 2.22. The van der Waals surface area contributed by atoms with Crippen LogP contribution in [0.25, 0.3) is 10.8 Å². The van der Waals surface area contributed by atoms with Crippen molar-refractivity contribution in [3.8, 4) is 0 Å². The molecular formula is C32H36N4O5. The van der Waals surface area contributed by atoms with Crippen molar-refractivity contribution in [2.75, 3.05) is 37.9 Å². The fraction of sp³-hybridized carbons (Fsp3) is 0.281. The Labute approximate surface area is 239 Å². The van der Waals surface area contributed by atoms with Gasteiger partial charge in [0.15, 0.2) is 0 Å². The third-order valence-corrected chi connectivity index (χ3v) is 6.99. The summed E-state index contributed by atoms with van der Waals surface area (Å²) >= 11 is 0. The highest BCUT2D eigenvalue weighted by molar-refractivity contribution is 5.87. The second kappa shape index (κ2) is 13.6. The van der Waals surface area contributed by atoms with Crippen LogP contribution < -0.4 is 16.2 Å². The lowest BCUT2D eigenvalue weighted by Crippen LogP contribution is -2.32. The Hall–Kier alpha value is -4.63. The van der Waals surface area contributed by atoms with Gasteiger partial charge in [0.2, 0.25) is 5.91 Å². The zero-order valence-electron chi connectivity index (χ0n) is 23.8. The van der Waals surface area contributed by atoms with Crippen molar-refractivity contribution in [2.45, 2.75) is 32.9 Å². The normalized spacial score (nSPS) is 11.6. The van der Waals surface area contributed by atoms with E-state index in [1.54, 1.807) is 37.4 Å². The summed E-state index contributed by atoms with van der Waals surface area (Å²) in [6.45, 7) is 5.04. The zero-order valence-corrected chi connectivity index (χ0v) is 23.8. The van der Waals surface area contributed by atoms with E-state index in [9.17, 15) is 14.4 Å². The quantitative estimate of drug-likeness (QED) is 0.228. The van der Waals surface area contributed by atoms with E-state index in [1.165, 1.54) is 0 Å². The molecule has 0 fully saturated rings. The molecule has 9 heteroatoms. The average Bonchev–Trinajstić information content (AvgIpc) is 2.96. The maximum Gasteiger partial charge on any atom is 0.411 e. The van der Waals surface area contributed by atoms with E-state index >= 15 is 0 Å². The Kier molecular flexibility index (Phi) is 9.76. The number of carbonyl (C=O) groups excluding carboxylic acids is 2. The van der Waals surface area contributed by atoms with Crippen LogP contribution in [-0.4, -0.2) is 49.2 Å². The Balaban J connectivity index is 1.36. The van der Waals surface area contributed by atoms with Crippen molar-refractivity contribution in [2.24, 2.45) is 0 Å². The fourth-order valence-electron chi connectivity index (χ4n) is 4.68. The summed E-state index contributed by atoms with van der Waals surface area (Å²) in [5, 5.41) is 7.28. The van der Waals surface area contributed by atoms with Gasteiger partial charge in [-0.1, -0.05) is 43.3 Å². The number of pyridine rings is 1. The summed E-state index contributed by atoms with van der Waals surface area (Å²) in [5.41, 5.74) is 5.10. The number of carbonyl (C=O) groups is 2. The molecule has 1 aromatic heterocycles. The van der Waals surface area contributed by atoms with Crippen molar-refractivity contribution >= 4 is 34.1 Å². The van der Waals surface area contributed by atoms with Gasteiger partial charge in [0, 0.05) is 49.6 Å². The predicted octanol–water partition coefficient (Wildman–Crippen LogP) is 5.41. The van der Waals surface area contributed by atoms with Crippen LogP contribution in [0, 0.1) is 6.92 Å². The first-order valence-corrected chi connectivity index (χ1v) is 13.4. The van der Waals surface area contributed by atoms with Gasteiger partial charge >= 0.3 is 6.09 Å². The van der Waals surface area contributed by atoms with Gasteiger partial charge in [-0.3, -0.25) is 14.9 Å². The number of rotatable bonds is 11. The lowest BCUT2D eigenvalue weighted by atomic mass is 9.97. The Morgan fingerprint density at radius 1 is 1.00 bits per heavy atom. The Morgan fingerprint density at radius 3 is 2.56 bits per heavy atom. The van der Waals surface area contributed by atoms with E-state index in [0.717, 1.165) is 27.6 Å². The molecule has 9 nitrogen and oxygen atoms in total. The number of benzene rings is 3. The number of nitrogens with zero attached hydrogens (tertiary/aromatic N) is 1. The largest absolute Gasteiger partial charge is 0.449 e. The number of aromatic nitrogens is 1. The summed E-state index contributed by atoms with van der Waals surface area (Å²) in [7, 11) is 3.32. The first-order valence-electron chi connectivity index (χ1n) is 13.4. The number of H-pyrrole nitrogens is 1. The van der Waals surface area contributed by atoms with Crippen LogP contribution >= 0.6 is 0 Å². The summed E-state index contributed by atoms with van der Waals surface area (Å²) in [4.78, 5) is 41.9. The Bertz CT molecular complexity index is 1580. The number of methoxy groups -OCH3 is 1. The lowest BCUT2D eigenvalue weighted by molar-refractivity contribution is -0.128. The average molecular weight is 557 g/mol. The molecule has 0 bridgehead atoms. The van der Waals surface area contributed by atoms with E-state index in [4.69, 9.17) is 9.47 Å². The minimum atomic E-state index is -0.543. The van der Waals surface area contributed by atoms with Crippen molar-refractivity contribution in [1.29, 1.82) is 0 Å². The number of amides is 2. The number of fused-ring (bicyclic) bond motifs is 1. The van der Waals surface area contributed by atoms with Crippen molar-refractivity contribution < 1.29 is 19.1 Å². The number of aromatic amines is 1. The van der Waals surface area contributed by atoms with Gasteiger partial charge in [-0.05, 0) is 64.9 Å². The molecule has 0 aliphatic rings. The van der Waals surface area contributed by atoms with Crippen LogP contribution in [0.1, 0.15) is 35.1 Å². The monoisotopic (exact) mass is 556 g/mol. The van der Waals surface area contributed by atoms with E-state index < -0.39 is 6.09 Å². The summed E-state index contributed by atoms with van der Waals surface area (Å²) in [5.74, 6) is -0.0800. The van der Waals surface area contributed by atoms with E-state index in [0.29, 0.717) is 29.9 Å². The van der Waals surface area contributed by atoms with Crippen LogP contribution in [0.5, 0.6) is 0 Å². The van der Waals surface area contributed by atoms with E-state index in [-0.39, 0.29) is 30.5 Å². The smallest absolute Gasteiger partial charge is 0.411 e. The molecular weight excluding hydrogens is 520 g/mol. The number of ether oxygens (including phenoxy) is 2. The van der Waals surface area contributed by atoms with Gasteiger partial charge in [-0.2, -0.15) is 0 Å². The van der Waals surface area contributed by atoms with Gasteiger partial charge in [0.05, 0.1) is 19.8 Å². The number of anilines is 2. The molecule has 41 heavy (non-hydrogen) atoms.